The van der Waals surface area contributed by atoms with Crippen LogP contribution in [0.2, 0.25) is 5.02 Å². The first-order valence-corrected chi connectivity index (χ1v) is 6.25. The van der Waals surface area contributed by atoms with Gasteiger partial charge in [-0.15, -0.1) is 0 Å². The van der Waals surface area contributed by atoms with E-state index in [2.05, 4.69) is 29.1 Å². The Kier molecular flexibility index (Phi) is 3.43. The molecule has 0 aromatic carbocycles. The number of rotatable bonds is 5. The second-order valence-corrected chi connectivity index (χ2v) is 5.33. The van der Waals surface area contributed by atoms with Gasteiger partial charge >= 0.3 is 6.01 Å². The quantitative estimate of drug-likeness (QED) is 0.879. The van der Waals surface area contributed by atoms with E-state index >= 15 is 0 Å². The van der Waals surface area contributed by atoms with Gasteiger partial charge in [0.25, 0.3) is 0 Å². The van der Waals surface area contributed by atoms with Crippen molar-refractivity contribution in [2.75, 3.05) is 19.0 Å². The van der Waals surface area contributed by atoms with Gasteiger partial charge in [0.05, 0.1) is 13.3 Å². The Morgan fingerprint density at radius 1 is 1.53 bits per heavy atom. The number of aromatic nitrogens is 2. The van der Waals surface area contributed by atoms with Gasteiger partial charge in [0.2, 0.25) is 0 Å². The lowest BCUT2D eigenvalue weighted by Crippen LogP contribution is -2.21. The molecule has 0 unspecified atom stereocenters. The van der Waals surface area contributed by atoms with Gasteiger partial charge < -0.3 is 10.1 Å². The average Bonchev–Trinajstić information content (AvgIpc) is 3.09. The molecule has 0 radical (unpaired) electrons. The normalized spacial score (nSPS) is 17.0. The molecule has 1 aliphatic rings. The maximum Gasteiger partial charge on any atom is 0.318 e. The topological polar surface area (TPSA) is 47.0 Å². The first kappa shape index (κ1) is 12.4. The van der Waals surface area contributed by atoms with Crippen LogP contribution in [0.3, 0.4) is 0 Å². The zero-order chi connectivity index (χ0) is 12.5. The molecule has 0 saturated heterocycles. The number of hydrogen-bond acceptors (Lipinski definition) is 4. The summed E-state index contributed by atoms with van der Waals surface area (Å²) < 4.78 is 4.98. The molecule has 1 aliphatic carbocycles. The maximum absolute atomic E-state index is 6.04. The highest BCUT2D eigenvalue weighted by atomic mass is 35.5. The Bertz CT molecular complexity index is 405. The van der Waals surface area contributed by atoms with Crippen LogP contribution in [-0.4, -0.2) is 23.6 Å². The summed E-state index contributed by atoms with van der Waals surface area (Å²) in [5, 5.41) is 3.84. The third-order valence-electron chi connectivity index (χ3n) is 3.63. The standard InChI is InChI=1S/C12H18ClN3O/c1-8(2)12(4-5-12)7-15-10-9(13)6-14-11(16-10)17-3/h6,8H,4-5,7H2,1-3H3,(H,14,15,16). The Labute approximate surface area is 107 Å². The van der Waals surface area contributed by atoms with E-state index in [1.165, 1.54) is 12.8 Å². The van der Waals surface area contributed by atoms with E-state index in [1.807, 2.05) is 0 Å². The lowest BCUT2D eigenvalue weighted by molar-refractivity contribution is 0.374. The highest BCUT2D eigenvalue weighted by molar-refractivity contribution is 6.32. The van der Waals surface area contributed by atoms with Crippen molar-refractivity contribution in [2.24, 2.45) is 11.3 Å². The minimum absolute atomic E-state index is 0.339. The summed E-state index contributed by atoms with van der Waals surface area (Å²) in [6.07, 6.45) is 4.11. The number of nitrogens with zero attached hydrogens (tertiary/aromatic N) is 2. The number of hydrogen-bond donors (Lipinski definition) is 1. The summed E-state index contributed by atoms with van der Waals surface area (Å²) in [6, 6.07) is 0.339. The van der Waals surface area contributed by atoms with Gasteiger partial charge in [-0.3, -0.25) is 0 Å². The van der Waals surface area contributed by atoms with Gasteiger partial charge in [-0.05, 0) is 24.2 Å². The van der Waals surface area contributed by atoms with E-state index in [1.54, 1.807) is 13.3 Å². The molecule has 1 saturated carbocycles. The van der Waals surface area contributed by atoms with Crippen molar-refractivity contribution in [2.45, 2.75) is 26.7 Å². The predicted octanol–water partition coefficient (Wildman–Crippen LogP) is 2.99. The molecule has 1 N–H and O–H groups in total. The Morgan fingerprint density at radius 2 is 2.24 bits per heavy atom. The fourth-order valence-corrected chi connectivity index (χ4v) is 2.11. The van der Waals surface area contributed by atoms with Gasteiger partial charge in [-0.2, -0.15) is 4.98 Å². The maximum atomic E-state index is 6.04. The van der Waals surface area contributed by atoms with Gasteiger partial charge in [-0.1, -0.05) is 25.4 Å². The lowest BCUT2D eigenvalue weighted by atomic mass is 9.92. The van der Waals surface area contributed by atoms with E-state index in [9.17, 15) is 0 Å². The molecule has 5 heteroatoms. The molecule has 2 rings (SSSR count). The van der Waals surface area contributed by atoms with Crippen molar-refractivity contribution in [3.05, 3.63) is 11.2 Å². The minimum atomic E-state index is 0.339. The molecule has 1 heterocycles. The molecule has 1 aromatic rings. The Morgan fingerprint density at radius 3 is 2.76 bits per heavy atom. The smallest absolute Gasteiger partial charge is 0.318 e. The Hall–Kier alpha value is -1.03. The molecule has 4 nitrogen and oxygen atoms in total. The first-order valence-electron chi connectivity index (χ1n) is 5.88. The van der Waals surface area contributed by atoms with Crippen LogP contribution in [0.25, 0.3) is 0 Å². The summed E-state index contributed by atoms with van der Waals surface area (Å²) in [5.41, 5.74) is 0.418. The average molecular weight is 256 g/mol. The van der Waals surface area contributed by atoms with Gasteiger partial charge in [0.15, 0.2) is 5.82 Å². The molecule has 0 aliphatic heterocycles. The van der Waals surface area contributed by atoms with Crippen molar-refractivity contribution in [3.63, 3.8) is 0 Å². The summed E-state index contributed by atoms with van der Waals surface area (Å²) in [4.78, 5) is 8.15. The molecule has 0 atom stereocenters. The third-order valence-corrected chi connectivity index (χ3v) is 3.91. The van der Waals surface area contributed by atoms with Crippen LogP contribution < -0.4 is 10.1 Å². The molecule has 1 fully saturated rings. The van der Waals surface area contributed by atoms with E-state index < -0.39 is 0 Å². The largest absolute Gasteiger partial charge is 0.467 e. The molecular weight excluding hydrogens is 238 g/mol. The van der Waals surface area contributed by atoms with Crippen LogP contribution in [0.15, 0.2) is 6.20 Å². The van der Waals surface area contributed by atoms with E-state index in [-0.39, 0.29) is 0 Å². The van der Waals surface area contributed by atoms with Crippen molar-refractivity contribution in [1.82, 2.24) is 9.97 Å². The zero-order valence-corrected chi connectivity index (χ0v) is 11.2. The number of anilines is 1. The first-order chi connectivity index (χ1) is 8.07. The summed E-state index contributed by atoms with van der Waals surface area (Å²) in [7, 11) is 1.55. The van der Waals surface area contributed by atoms with Crippen LogP contribution in [0.1, 0.15) is 26.7 Å². The van der Waals surface area contributed by atoms with Crippen molar-refractivity contribution < 1.29 is 4.74 Å². The number of nitrogens with one attached hydrogen (secondary N) is 1. The summed E-state index contributed by atoms with van der Waals surface area (Å²) in [5.74, 6) is 1.34. The van der Waals surface area contributed by atoms with E-state index in [4.69, 9.17) is 16.3 Å². The van der Waals surface area contributed by atoms with E-state index in [0.717, 1.165) is 6.54 Å². The van der Waals surface area contributed by atoms with E-state index in [0.29, 0.717) is 28.2 Å². The van der Waals surface area contributed by atoms with Gasteiger partial charge in [0, 0.05) is 6.54 Å². The molecule has 0 amide bonds. The molecule has 0 spiro atoms. The summed E-state index contributed by atoms with van der Waals surface area (Å²) in [6.45, 7) is 5.43. The van der Waals surface area contributed by atoms with Crippen LogP contribution >= 0.6 is 11.6 Å². The highest BCUT2D eigenvalue weighted by Gasteiger charge is 2.45. The van der Waals surface area contributed by atoms with Crippen molar-refractivity contribution >= 4 is 17.4 Å². The second kappa shape index (κ2) is 4.69. The van der Waals surface area contributed by atoms with Crippen molar-refractivity contribution in [3.8, 4) is 6.01 Å². The molecule has 17 heavy (non-hydrogen) atoms. The number of ether oxygens (including phenoxy) is 1. The number of methoxy groups -OCH3 is 1. The lowest BCUT2D eigenvalue weighted by Gasteiger charge is -2.20. The fraction of sp³-hybridized carbons (Fsp3) is 0.667. The number of halogens is 1. The van der Waals surface area contributed by atoms with Crippen LogP contribution in [0, 0.1) is 11.3 Å². The van der Waals surface area contributed by atoms with Crippen LogP contribution in [0.5, 0.6) is 6.01 Å². The summed E-state index contributed by atoms with van der Waals surface area (Å²) >= 11 is 6.04. The predicted molar refractivity (Wildman–Crippen MR) is 68.6 cm³/mol. The molecule has 94 valence electrons. The van der Waals surface area contributed by atoms with Crippen LogP contribution in [0.4, 0.5) is 5.82 Å². The Balaban J connectivity index is 2.04. The second-order valence-electron chi connectivity index (χ2n) is 4.92. The molecule has 0 bridgehead atoms. The van der Waals surface area contributed by atoms with Gasteiger partial charge in [0.1, 0.15) is 5.02 Å². The van der Waals surface area contributed by atoms with Gasteiger partial charge in [-0.25, -0.2) is 4.98 Å². The molecule has 1 aromatic heterocycles. The fourth-order valence-electron chi connectivity index (χ4n) is 1.95. The van der Waals surface area contributed by atoms with Crippen molar-refractivity contribution in [1.29, 1.82) is 0 Å². The monoisotopic (exact) mass is 255 g/mol. The minimum Gasteiger partial charge on any atom is -0.467 e. The zero-order valence-electron chi connectivity index (χ0n) is 10.5. The third kappa shape index (κ3) is 2.63. The SMILES string of the molecule is COc1ncc(Cl)c(NCC2(C(C)C)CC2)n1. The molecular formula is C12H18ClN3O. The van der Waals surface area contributed by atoms with Crippen LogP contribution in [-0.2, 0) is 0 Å². The highest BCUT2D eigenvalue weighted by Crippen LogP contribution is 2.51.